The minimum Gasteiger partial charge on any atom is -0.493 e. The molecule has 0 unspecified atom stereocenters. The highest BCUT2D eigenvalue weighted by Crippen LogP contribution is 2.39. The molecular formula is C12H15ClO3. The molecule has 0 aromatic heterocycles. The van der Waals surface area contributed by atoms with Crippen LogP contribution in [0.4, 0.5) is 0 Å². The van der Waals surface area contributed by atoms with Crippen molar-refractivity contribution in [1.29, 1.82) is 0 Å². The average molecular weight is 243 g/mol. The van der Waals surface area contributed by atoms with Gasteiger partial charge in [0.25, 0.3) is 0 Å². The van der Waals surface area contributed by atoms with E-state index in [4.69, 9.17) is 21.1 Å². The van der Waals surface area contributed by atoms with Crippen LogP contribution < -0.4 is 9.47 Å². The summed E-state index contributed by atoms with van der Waals surface area (Å²) in [4.78, 5) is 11.1. The minimum atomic E-state index is 0.0892. The van der Waals surface area contributed by atoms with Gasteiger partial charge in [-0.3, -0.25) is 4.79 Å². The molecule has 3 nitrogen and oxygen atoms in total. The van der Waals surface area contributed by atoms with E-state index < -0.39 is 0 Å². The van der Waals surface area contributed by atoms with Gasteiger partial charge in [0.15, 0.2) is 11.5 Å². The van der Waals surface area contributed by atoms with Crippen molar-refractivity contribution in [2.45, 2.75) is 20.3 Å². The van der Waals surface area contributed by atoms with Crippen LogP contribution >= 0.6 is 11.6 Å². The number of carbonyl (C=O) groups is 1. The molecule has 0 spiro atoms. The van der Waals surface area contributed by atoms with E-state index in [-0.39, 0.29) is 5.78 Å². The zero-order valence-electron chi connectivity index (χ0n) is 9.89. The topological polar surface area (TPSA) is 35.5 Å². The smallest absolute Gasteiger partial charge is 0.179 e. The fraction of sp³-hybridized carbons (Fsp3) is 0.417. The maximum absolute atomic E-state index is 11.1. The van der Waals surface area contributed by atoms with E-state index in [1.807, 2.05) is 6.92 Å². The van der Waals surface area contributed by atoms with Crippen molar-refractivity contribution < 1.29 is 14.3 Å². The molecule has 1 aromatic carbocycles. The monoisotopic (exact) mass is 242 g/mol. The van der Waals surface area contributed by atoms with Crippen LogP contribution in [-0.2, 0) is 11.2 Å². The summed E-state index contributed by atoms with van der Waals surface area (Å²) in [5.74, 6) is 1.15. The Hall–Kier alpha value is -1.22. The highest BCUT2D eigenvalue weighted by Gasteiger charge is 2.15. The third-order valence-corrected chi connectivity index (χ3v) is 2.86. The molecule has 1 aromatic rings. The van der Waals surface area contributed by atoms with E-state index in [9.17, 15) is 4.79 Å². The summed E-state index contributed by atoms with van der Waals surface area (Å²) in [7, 11) is 3.08. The highest BCUT2D eigenvalue weighted by molar-refractivity contribution is 6.33. The van der Waals surface area contributed by atoms with E-state index in [2.05, 4.69) is 0 Å². The third-order valence-electron chi connectivity index (χ3n) is 2.40. The van der Waals surface area contributed by atoms with Crippen LogP contribution in [0.15, 0.2) is 6.07 Å². The molecule has 1 rings (SSSR count). The molecule has 88 valence electrons. The van der Waals surface area contributed by atoms with Crippen molar-refractivity contribution in [2.24, 2.45) is 0 Å². The second kappa shape index (κ2) is 5.21. The number of halogens is 1. The zero-order chi connectivity index (χ0) is 12.3. The molecule has 16 heavy (non-hydrogen) atoms. The first-order valence-electron chi connectivity index (χ1n) is 4.90. The Morgan fingerprint density at radius 1 is 1.38 bits per heavy atom. The fourth-order valence-electron chi connectivity index (χ4n) is 1.55. The van der Waals surface area contributed by atoms with Crippen molar-refractivity contribution in [2.75, 3.05) is 14.2 Å². The number of Topliss-reactive ketones (excluding diaryl/α,β-unsaturated/α-hetero) is 1. The Kier molecular flexibility index (Phi) is 4.19. The third kappa shape index (κ3) is 2.47. The molecule has 0 bridgehead atoms. The lowest BCUT2D eigenvalue weighted by Crippen LogP contribution is -2.02. The fourth-order valence-corrected chi connectivity index (χ4v) is 1.84. The average Bonchev–Trinajstić information content (AvgIpc) is 2.24. The summed E-state index contributed by atoms with van der Waals surface area (Å²) in [6.07, 6.45) is 0.353. The van der Waals surface area contributed by atoms with E-state index in [0.29, 0.717) is 22.9 Å². The molecule has 0 saturated heterocycles. The Morgan fingerprint density at radius 2 is 2.00 bits per heavy atom. The molecule has 0 heterocycles. The number of rotatable bonds is 4. The second-order valence-electron chi connectivity index (χ2n) is 3.59. The first-order chi connectivity index (χ1) is 7.51. The summed E-state index contributed by atoms with van der Waals surface area (Å²) in [5.41, 5.74) is 1.73. The number of hydrogen-bond acceptors (Lipinski definition) is 3. The van der Waals surface area contributed by atoms with E-state index >= 15 is 0 Å². The van der Waals surface area contributed by atoms with Gasteiger partial charge in [0.2, 0.25) is 0 Å². The minimum absolute atomic E-state index is 0.0892. The van der Waals surface area contributed by atoms with Crippen LogP contribution in [0.2, 0.25) is 5.02 Å². The molecular weight excluding hydrogens is 228 g/mol. The first kappa shape index (κ1) is 12.8. The van der Waals surface area contributed by atoms with Gasteiger partial charge in [0.1, 0.15) is 5.78 Å². The lowest BCUT2D eigenvalue weighted by Gasteiger charge is -2.14. The number of ketones is 1. The van der Waals surface area contributed by atoms with Crippen LogP contribution in [0, 0.1) is 6.92 Å². The van der Waals surface area contributed by atoms with Gasteiger partial charge in [-0.05, 0) is 31.0 Å². The molecule has 0 amide bonds. The van der Waals surface area contributed by atoms with Gasteiger partial charge in [0.05, 0.1) is 19.2 Å². The van der Waals surface area contributed by atoms with Gasteiger partial charge in [-0.1, -0.05) is 11.6 Å². The van der Waals surface area contributed by atoms with Crippen LogP contribution in [0.1, 0.15) is 18.1 Å². The van der Waals surface area contributed by atoms with Crippen molar-refractivity contribution >= 4 is 17.4 Å². The lowest BCUT2D eigenvalue weighted by molar-refractivity contribution is -0.116. The van der Waals surface area contributed by atoms with Crippen molar-refractivity contribution in [1.82, 2.24) is 0 Å². The highest BCUT2D eigenvalue weighted by atomic mass is 35.5. The molecule has 0 aliphatic rings. The van der Waals surface area contributed by atoms with E-state index in [1.54, 1.807) is 20.1 Å². The number of hydrogen-bond donors (Lipinski definition) is 0. The van der Waals surface area contributed by atoms with E-state index in [0.717, 1.165) is 11.1 Å². The molecule has 0 atom stereocenters. The number of ether oxygens (including phenoxy) is 2. The molecule has 0 saturated carbocycles. The maximum Gasteiger partial charge on any atom is 0.179 e. The standard InChI is InChI=1S/C12H15ClO3/c1-7(14)5-9-6-10(15-3)12(16-4)11(13)8(9)2/h6H,5H2,1-4H3. The number of carbonyl (C=O) groups excluding carboxylic acids is 1. The molecule has 0 N–H and O–H groups in total. The largest absolute Gasteiger partial charge is 0.493 e. The zero-order valence-corrected chi connectivity index (χ0v) is 10.6. The second-order valence-corrected chi connectivity index (χ2v) is 3.97. The summed E-state index contributed by atoms with van der Waals surface area (Å²) >= 11 is 6.15. The molecule has 0 aliphatic heterocycles. The Bertz CT molecular complexity index is 413. The summed E-state index contributed by atoms with van der Waals surface area (Å²) < 4.78 is 10.3. The molecule has 0 radical (unpaired) electrons. The van der Waals surface area contributed by atoms with Gasteiger partial charge < -0.3 is 9.47 Å². The van der Waals surface area contributed by atoms with Crippen molar-refractivity contribution in [3.8, 4) is 11.5 Å². The molecule has 4 heteroatoms. The van der Waals surface area contributed by atoms with Crippen LogP contribution in [0.25, 0.3) is 0 Å². The number of methoxy groups -OCH3 is 2. The number of benzene rings is 1. The summed E-state index contributed by atoms with van der Waals surface area (Å²) in [6, 6.07) is 1.79. The van der Waals surface area contributed by atoms with Crippen LogP contribution in [0.3, 0.4) is 0 Å². The summed E-state index contributed by atoms with van der Waals surface area (Å²) in [6.45, 7) is 3.41. The van der Waals surface area contributed by atoms with Crippen LogP contribution in [0.5, 0.6) is 11.5 Å². The predicted molar refractivity (Wildman–Crippen MR) is 63.7 cm³/mol. The normalized spacial score (nSPS) is 10.1. The SMILES string of the molecule is COc1cc(CC(C)=O)c(C)c(Cl)c1OC. The van der Waals surface area contributed by atoms with Crippen molar-refractivity contribution in [3.63, 3.8) is 0 Å². The van der Waals surface area contributed by atoms with Gasteiger partial charge in [0, 0.05) is 6.42 Å². The Balaban J connectivity index is 3.32. The molecule has 0 fully saturated rings. The van der Waals surface area contributed by atoms with Gasteiger partial charge in [-0.2, -0.15) is 0 Å². The Labute approximate surface area is 100 Å². The van der Waals surface area contributed by atoms with Gasteiger partial charge in [-0.25, -0.2) is 0 Å². The first-order valence-corrected chi connectivity index (χ1v) is 5.28. The van der Waals surface area contributed by atoms with Crippen molar-refractivity contribution in [3.05, 3.63) is 22.2 Å². The predicted octanol–water partition coefficient (Wildman–Crippen LogP) is 2.80. The van der Waals surface area contributed by atoms with Gasteiger partial charge >= 0.3 is 0 Å². The Morgan fingerprint density at radius 3 is 2.44 bits per heavy atom. The molecule has 0 aliphatic carbocycles. The van der Waals surface area contributed by atoms with Gasteiger partial charge in [-0.15, -0.1) is 0 Å². The maximum atomic E-state index is 11.1. The summed E-state index contributed by atoms with van der Waals surface area (Å²) in [5, 5.41) is 0.498. The quantitative estimate of drug-likeness (QED) is 0.815. The van der Waals surface area contributed by atoms with Crippen LogP contribution in [-0.4, -0.2) is 20.0 Å². The van der Waals surface area contributed by atoms with E-state index in [1.165, 1.54) is 7.11 Å². The lowest BCUT2D eigenvalue weighted by atomic mass is 10.0.